The molecule has 1 heterocycles. The van der Waals surface area contributed by atoms with Gasteiger partial charge in [-0.3, -0.25) is 19.3 Å². The molecule has 1 aliphatic heterocycles. The van der Waals surface area contributed by atoms with E-state index in [0.29, 0.717) is 6.42 Å². The summed E-state index contributed by atoms with van der Waals surface area (Å²) in [5.41, 5.74) is 1.33. The summed E-state index contributed by atoms with van der Waals surface area (Å²) in [5, 5.41) is 2.32. The van der Waals surface area contributed by atoms with Crippen molar-refractivity contribution in [1.82, 2.24) is 10.2 Å². The summed E-state index contributed by atoms with van der Waals surface area (Å²) in [6.07, 6.45) is 1.69. The molecule has 0 unspecified atom stereocenters. The maximum atomic E-state index is 13.8. The molecule has 1 saturated heterocycles. The average Bonchev–Trinajstić information content (AvgIpc) is 2.97. The van der Waals surface area contributed by atoms with Crippen molar-refractivity contribution < 1.29 is 18.8 Å². The minimum absolute atomic E-state index is 0.0668. The number of halogens is 1. The first kappa shape index (κ1) is 20.8. The summed E-state index contributed by atoms with van der Waals surface area (Å²) in [5.74, 6) is -1.01. The number of nitrogens with one attached hydrogen (secondary N) is 1. The van der Waals surface area contributed by atoms with Crippen LogP contribution in [-0.2, 0) is 9.59 Å². The van der Waals surface area contributed by atoms with Gasteiger partial charge < -0.3 is 5.32 Å². The van der Waals surface area contributed by atoms with E-state index >= 15 is 0 Å². The Balaban J connectivity index is 1.52. The number of rotatable bonds is 7. The minimum atomic E-state index is -0.477. The lowest BCUT2D eigenvalue weighted by Crippen LogP contribution is -2.37. The molecule has 29 heavy (non-hydrogen) atoms. The zero-order chi connectivity index (χ0) is 20.8. The Bertz CT molecular complexity index is 946. The van der Waals surface area contributed by atoms with Crippen LogP contribution in [0.4, 0.5) is 9.18 Å². The second kappa shape index (κ2) is 9.52. The molecule has 0 aromatic heterocycles. The molecule has 0 saturated carbocycles. The summed E-state index contributed by atoms with van der Waals surface area (Å²) in [6.45, 7) is 2.22. The molecule has 0 radical (unpaired) electrons. The zero-order valence-electron chi connectivity index (χ0n) is 15.9. The highest BCUT2D eigenvalue weighted by Gasteiger charge is 2.34. The molecule has 1 atom stereocenters. The van der Waals surface area contributed by atoms with E-state index in [2.05, 4.69) is 5.32 Å². The summed E-state index contributed by atoms with van der Waals surface area (Å²) in [6, 6.07) is 15.8. The highest BCUT2D eigenvalue weighted by atomic mass is 32.2. The van der Waals surface area contributed by atoms with Crippen LogP contribution < -0.4 is 5.32 Å². The van der Waals surface area contributed by atoms with Crippen molar-refractivity contribution in [1.29, 1.82) is 0 Å². The molecule has 5 nitrogen and oxygen atoms in total. The van der Waals surface area contributed by atoms with Crippen molar-refractivity contribution in [3.63, 3.8) is 0 Å². The van der Waals surface area contributed by atoms with Gasteiger partial charge in [0, 0.05) is 25.1 Å². The fraction of sp³-hybridized carbons (Fsp3) is 0.227. The maximum absolute atomic E-state index is 13.8. The van der Waals surface area contributed by atoms with Gasteiger partial charge >= 0.3 is 0 Å². The van der Waals surface area contributed by atoms with Gasteiger partial charge in [0.25, 0.3) is 11.1 Å². The van der Waals surface area contributed by atoms with E-state index in [9.17, 15) is 18.8 Å². The van der Waals surface area contributed by atoms with Crippen LogP contribution in [0.2, 0.25) is 0 Å². The van der Waals surface area contributed by atoms with Gasteiger partial charge in [-0.2, -0.15) is 0 Å². The third kappa shape index (κ3) is 5.32. The molecule has 0 bridgehead atoms. The van der Waals surface area contributed by atoms with Crippen LogP contribution in [0.5, 0.6) is 0 Å². The smallest absolute Gasteiger partial charge is 0.293 e. The fourth-order valence-corrected chi connectivity index (χ4v) is 3.84. The largest absolute Gasteiger partial charge is 0.354 e. The number of hydrogen-bond acceptors (Lipinski definition) is 4. The number of imide groups is 1. The molecule has 0 spiro atoms. The molecule has 7 heteroatoms. The van der Waals surface area contributed by atoms with E-state index in [-0.39, 0.29) is 35.4 Å². The zero-order valence-corrected chi connectivity index (χ0v) is 16.7. The summed E-state index contributed by atoms with van der Waals surface area (Å²) >= 11 is 0.771. The lowest BCUT2D eigenvalue weighted by molar-refractivity contribution is -0.124. The Morgan fingerprint density at radius 2 is 1.83 bits per heavy atom. The number of carbonyl (C=O) groups excluding carboxylic acids is 3. The fourth-order valence-electron chi connectivity index (χ4n) is 2.98. The predicted octanol–water partition coefficient (Wildman–Crippen LogP) is 4.17. The number of nitrogens with zero attached hydrogens (tertiary/aromatic N) is 1. The predicted molar refractivity (Wildman–Crippen MR) is 112 cm³/mol. The van der Waals surface area contributed by atoms with Gasteiger partial charge in [-0.05, 0) is 35.4 Å². The highest BCUT2D eigenvalue weighted by Crippen LogP contribution is 2.32. The molecule has 1 aliphatic rings. The Kier molecular flexibility index (Phi) is 6.82. The minimum Gasteiger partial charge on any atom is -0.354 e. The van der Waals surface area contributed by atoms with E-state index in [1.54, 1.807) is 12.1 Å². The normalized spacial score (nSPS) is 16.3. The first-order chi connectivity index (χ1) is 14.0. The average molecular weight is 412 g/mol. The van der Waals surface area contributed by atoms with Crippen LogP contribution in [0.1, 0.15) is 30.4 Å². The SMILES string of the molecule is C[C@@H](CC(=O)NCCN1C(=O)S/C(=C/c2ccccc2F)C1=O)c1ccccc1. The third-order valence-corrected chi connectivity index (χ3v) is 5.49. The first-order valence-electron chi connectivity index (χ1n) is 9.27. The Morgan fingerprint density at radius 3 is 2.55 bits per heavy atom. The Labute approximate surface area is 173 Å². The molecule has 0 aliphatic carbocycles. The first-order valence-corrected chi connectivity index (χ1v) is 10.1. The van der Waals surface area contributed by atoms with Crippen molar-refractivity contribution >= 4 is 34.9 Å². The van der Waals surface area contributed by atoms with Gasteiger partial charge in [0.15, 0.2) is 0 Å². The van der Waals surface area contributed by atoms with Crippen molar-refractivity contribution in [3.05, 3.63) is 76.4 Å². The van der Waals surface area contributed by atoms with Crippen LogP contribution >= 0.6 is 11.8 Å². The number of benzene rings is 2. The van der Waals surface area contributed by atoms with Crippen molar-refractivity contribution in [2.45, 2.75) is 19.3 Å². The van der Waals surface area contributed by atoms with Crippen LogP contribution in [-0.4, -0.2) is 35.0 Å². The topological polar surface area (TPSA) is 66.5 Å². The number of amides is 3. The van der Waals surface area contributed by atoms with Crippen LogP contribution in [0.15, 0.2) is 59.5 Å². The van der Waals surface area contributed by atoms with Crippen molar-refractivity contribution in [2.75, 3.05) is 13.1 Å². The number of thioether (sulfide) groups is 1. The van der Waals surface area contributed by atoms with Gasteiger partial charge in [0.2, 0.25) is 5.91 Å². The Morgan fingerprint density at radius 1 is 1.14 bits per heavy atom. The molecular formula is C22H21FN2O3S. The molecule has 2 aromatic carbocycles. The molecule has 3 rings (SSSR count). The molecule has 1 N–H and O–H groups in total. The highest BCUT2D eigenvalue weighted by molar-refractivity contribution is 8.18. The molecule has 150 valence electrons. The van der Waals surface area contributed by atoms with E-state index < -0.39 is 17.0 Å². The van der Waals surface area contributed by atoms with Crippen LogP contribution in [0.3, 0.4) is 0 Å². The van der Waals surface area contributed by atoms with Crippen molar-refractivity contribution in [2.24, 2.45) is 0 Å². The summed E-state index contributed by atoms with van der Waals surface area (Å²) < 4.78 is 13.8. The van der Waals surface area contributed by atoms with E-state index in [0.717, 1.165) is 22.2 Å². The number of carbonyl (C=O) groups is 3. The van der Waals surface area contributed by atoms with Crippen LogP contribution in [0, 0.1) is 5.82 Å². The molecule has 2 aromatic rings. The second-order valence-electron chi connectivity index (χ2n) is 6.72. The van der Waals surface area contributed by atoms with Gasteiger partial charge in [0.05, 0.1) is 4.91 Å². The summed E-state index contributed by atoms with van der Waals surface area (Å²) in [7, 11) is 0. The molecule has 1 fully saturated rings. The van der Waals surface area contributed by atoms with E-state index in [1.807, 2.05) is 37.3 Å². The van der Waals surface area contributed by atoms with Gasteiger partial charge in [-0.25, -0.2) is 4.39 Å². The monoisotopic (exact) mass is 412 g/mol. The standard InChI is InChI=1S/C22H21FN2O3S/c1-15(16-7-3-2-4-8-16)13-20(26)24-11-12-25-21(27)19(29-22(25)28)14-17-9-5-6-10-18(17)23/h2-10,14-15H,11-13H2,1H3,(H,24,26)/b19-14+/t15-/m0/s1. The van der Waals surface area contributed by atoms with Gasteiger partial charge in [-0.15, -0.1) is 0 Å². The second-order valence-corrected chi connectivity index (χ2v) is 7.71. The molecular weight excluding hydrogens is 391 g/mol. The lowest BCUT2D eigenvalue weighted by Gasteiger charge is -2.15. The number of hydrogen-bond donors (Lipinski definition) is 1. The summed E-state index contributed by atoms with van der Waals surface area (Å²) in [4.78, 5) is 38.0. The van der Waals surface area contributed by atoms with Crippen molar-refractivity contribution in [3.8, 4) is 0 Å². The van der Waals surface area contributed by atoms with E-state index in [1.165, 1.54) is 18.2 Å². The van der Waals surface area contributed by atoms with Crippen LogP contribution in [0.25, 0.3) is 6.08 Å². The molecule has 3 amide bonds. The Hall–Kier alpha value is -2.93. The lowest BCUT2D eigenvalue weighted by atomic mass is 9.98. The van der Waals surface area contributed by atoms with Gasteiger partial charge in [-0.1, -0.05) is 55.5 Å². The maximum Gasteiger partial charge on any atom is 0.293 e. The quantitative estimate of drug-likeness (QED) is 0.693. The van der Waals surface area contributed by atoms with Gasteiger partial charge in [0.1, 0.15) is 5.82 Å². The van der Waals surface area contributed by atoms with E-state index in [4.69, 9.17) is 0 Å². The third-order valence-electron chi connectivity index (χ3n) is 4.58.